The van der Waals surface area contributed by atoms with E-state index in [2.05, 4.69) is 0 Å². The van der Waals surface area contributed by atoms with Crippen LogP contribution in [0.3, 0.4) is 0 Å². The number of nitrogens with zero attached hydrogens (tertiary/aromatic N) is 2. The quantitative estimate of drug-likeness (QED) is 0.791. The highest BCUT2D eigenvalue weighted by molar-refractivity contribution is 7.86. The molecule has 1 saturated carbocycles. The van der Waals surface area contributed by atoms with E-state index >= 15 is 0 Å². The van der Waals surface area contributed by atoms with Gasteiger partial charge >= 0.3 is 0 Å². The average Bonchev–Trinajstić information content (AvgIpc) is 3.14. The second-order valence-corrected chi connectivity index (χ2v) is 8.45. The Morgan fingerprint density at radius 3 is 2.43 bits per heavy atom. The molecule has 1 aliphatic heterocycles. The lowest BCUT2D eigenvalue weighted by atomic mass is 10.0. The summed E-state index contributed by atoms with van der Waals surface area (Å²) in [6, 6.07) is 7.41. The van der Waals surface area contributed by atoms with Crippen molar-refractivity contribution < 1.29 is 17.9 Å². The second kappa shape index (κ2) is 6.30. The van der Waals surface area contributed by atoms with E-state index in [4.69, 9.17) is 9.47 Å². The number of fused-ring (bicyclic) bond motifs is 2. The molecule has 1 aromatic rings. The van der Waals surface area contributed by atoms with Crippen LogP contribution in [0, 0.1) is 5.92 Å². The third kappa shape index (κ3) is 3.05. The van der Waals surface area contributed by atoms with Crippen molar-refractivity contribution in [3.05, 3.63) is 24.3 Å². The lowest BCUT2D eigenvalue weighted by Gasteiger charge is -2.35. The van der Waals surface area contributed by atoms with Crippen LogP contribution < -0.4 is 9.47 Å². The maximum Gasteiger partial charge on any atom is 0.282 e. The fourth-order valence-corrected chi connectivity index (χ4v) is 5.18. The summed E-state index contributed by atoms with van der Waals surface area (Å²) in [5.41, 5.74) is 0. The number of methoxy groups -OCH3 is 1. The fraction of sp³-hybridized carbons (Fsp3) is 0.625. The van der Waals surface area contributed by atoms with Crippen LogP contribution in [-0.4, -0.2) is 56.9 Å². The fourth-order valence-electron chi connectivity index (χ4n) is 3.66. The Hall–Kier alpha value is -1.31. The lowest BCUT2D eigenvalue weighted by Crippen LogP contribution is -2.51. The van der Waals surface area contributed by atoms with Gasteiger partial charge in [-0.25, -0.2) is 0 Å². The summed E-state index contributed by atoms with van der Waals surface area (Å²) in [7, 11) is 1.39. The van der Waals surface area contributed by atoms with E-state index in [-0.39, 0.29) is 12.1 Å². The molecule has 1 aromatic carbocycles. The zero-order chi connectivity index (χ0) is 16.6. The van der Waals surface area contributed by atoms with E-state index in [0.717, 1.165) is 30.8 Å². The topological polar surface area (TPSA) is 59.1 Å². The van der Waals surface area contributed by atoms with E-state index in [1.807, 2.05) is 24.3 Å². The highest BCUT2D eigenvalue weighted by atomic mass is 32.2. The van der Waals surface area contributed by atoms with Gasteiger partial charge in [0.2, 0.25) is 0 Å². The molecule has 0 amide bonds. The first-order chi connectivity index (χ1) is 10.9. The highest BCUT2D eigenvalue weighted by Gasteiger charge is 2.51. The smallest absolute Gasteiger partial charge is 0.282 e. The van der Waals surface area contributed by atoms with Gasteiger partial charge in [0.25, 0.3) is 10.2 Å². The molecule has 0 spiro atoms. The van der Waals surface area contributed by atoms with Gasteiger partial charge in [0.15, 0.2) is 0 Å². The highest BCUT2D eigenvalue weighted by Crippen LogP contribution is 2.44. The summed E-state index contributed by atoms with van der Waals surface area (Å²) >= 11 is 0. The number of hydrogen-bond donors (Lipinski definition) is 0. The minimum absolute atomic E-state index is 0.0803. The molecule has 1 saturated heterocycles. The van der Waals surface area contributed by atoms with Gasteiger partial charge in [-0.05, 0) is 49.4 Å². The molecule has 0 aromatic heterocycles. The summed E-state index contributed by atoms with van der Waals surface area (Å²) in [6.45, 7) is 0.389. The third-order valence-electron chi connectivity index (χ3n) is 4.88. The second-order valence-electron chi connectivity index (χ2n) is 6.40. The summed E-state index contributed by atoms with van der Waals surface area (Å²) in [6.07, 6.45) is 2.99. The van der Waals surface area contributed by atoms with Crippen molar-refractivity contribution in [2.45, 2.75) is 31.3 Å². The van der Waals surface area contributed by atoms with Crippen LogP contribution in [0.1, 0.15) is 19.3 Å². The lowest BCUT2D eigenvalue weighted by molar-refractivity contribution is 0.157. The van der Waals surface area contributed by atoms with Gasteiger partial charge in [0.05, 0.1) is 13.2 Å². The van der Waals surface area contributed by atoms with Crippen molar-refractivity contribution in [3.63, 3.8) is 0 Å². The first kappa shape index (κ1) is 16.5. The van der Waals surface area contributed by atoms with Crippen molar-refractivity contribution in [2.75, 3.05) is 27.8 Å². The largest absolute Gasteiger partial charge is 0.497 e. The molecule has 1 aliphatic carbocycles. The van der Waals surface area contributed by atoms with E-state index in [0.29, 0.717) is 12.5 Å². The predicted molar refractivity (Wildman–Crippen MR) is 87.9 cm³/mol. The molecule has 3 atom stereocenters. The van der Waals surface area contributed by atoms with Crippen LogP contribution in [0.4, 0.5) is 0 Å². The van der Waals surface area contributed by atoms with Crippen molar-refractivity contribution in [3.8, 4) is 11.5 Å². The number of ether oxygens (including phenoxy) is 2. The van der Waals surface area contributed by atoms with Gasteiger partial charge < -0.3 is 9.47 Å². The number of rotatable bonds is 6. The van der Waals surface area contributed by atoms with Crippen LogP contribution in [0.2, 0.25) is 0 Å². The zero-order valence-electron chi connectivity index (χ0n) is 13.8. The molecule has 0 unspecified atom stereocenters. The van der Waals surface area contributed by atoms with Crippen molar-refractivity contribution in [1.29, 1.82) is 0 Å². The molecule has 0 radical (unpaired) electrons. The van der Waals surface area contributed by atoms with E-state index < -0.39 is 10.2 Å². The molecule has 1 heterocycles. The number of piperidine rings is 1. The van der Waals surface area contributed by atoms with Crippen LogP contribution in [0.5, 0.6) is 11.5 Å². The Labute approximate surface area is 138 Å². The Morgan fingerprint density at radius 1 is 1.17 bits per heavy atom. The zero-order valence-corrected chi connectivity index (χ0v) is 14.6. The maximum absolute atomic E-state index is 12.6. The van der Waals surface area contributed by atoms with Crippen LogP contribution in [-0.2, 0) is 10.2 Å². The molecule has 2 aliphatic rings. The molecule has 2 fully saturated rings. The normalized spacial score (nSPS) is 27.6. The molecule has 7 heteroatoms. The van der Waals surface area contributed by atoms with Crippen molar-refractivity contribution in [1.82, 2.24) is 8.61 Å². The standard InChI is InChI=1S/C16H24N2O4S/c1-17(2)23(19,20)18-13-5-4-12(10-13)16(18)11-22-15-8-6-14(21-3)7-9-15/h6-9,12-13,16H,4-5,10-11H2,1-3H3/t12-,13-,16+/m1/s1. The van der Waals surface area contributed by atoms with Gasteiger partial charge in [0.1, 0.15) is 18.1 Å². The average molecular weight is 340 g/mol. The number of benzene rings is 1. The minimum atomic E-state index is -3.41. The molecule has 3 rings (SSSR count). The van der Waals surface area contributed by atoms with Crippen LogP contribution >= 0.6 is 0 Å². The van der Waals surface area contributed by atoms with Gasteiger partial charge in [-0.2, -0.15) is 17.0 Å². The molecular formula is C16H24N2O4S. The van der Waals surface area contributed by atoms with E-state index in [1.54, 1.807) is 25.5 Å². The Balaban J connectivity index is 1.72. The van der Waals surface area contributed by atoms with Crippen LogP contribution in [0.25, 0.3) is 0 Å². The molecule has 0 N–H and O–H groups in total. The SMILES string of the molecule is COc1ccc(OC[C@H]2[C@@H]3CC[C@H](C3)N2S(=O)(=O)N(C)C)cc1. The summed E-state index contributed by atoms with van der Waals surface area (Å²) in [5, 5.41) is 0. The van der Waals surface area contributed by atoms with E-state index in [9.17, 15) is 8.42 Å². The Kier molecular flexibility index (Phi) is 4.53. The van der Waals surface area contributed by atoms with Crippen molar-refractivity contribution >= 4 is 10.2 Å². The Morgan fingerprint density at radius 2 is 1.83 bits per heavy atom. The summed E-state index contributed by atoms with van der Waals surface area (Å²) in [5.74, 6) is 1.90. The van der Waals surface area contributed by atoms with Crippen LogP contribution in [0.15, 0.2) is 24.3 Å². The summed E-state index contributed by atoms with van der Waals surface area (Å²) in [4.78, 5) is 0. The minimum Gasteiger partial charge on any atom is -0.497 e. The van der Waals surface area contributed by atoms with Gasteiger partial charge in [-0.3, -0.25) is 0 Å². The molecular weight excluding hydrogens is 316 g/mol. The number of hydrogen-bond acceptors (Lipinski definition) is 4. The van der Waals surface area contributed by atoms with Gasteiger partial charge in [-0.15, -0.1) is 0 Å². The van der Waals surface area contributed by atoms with Gasteiger partial charge in [-0.1, -0.05) is 0 Å². The first-order valence-corrected chi connectivity index (χ1v) is 9.31. The molecule has 128 valence electrons. The molecule has 6 nitrogen and oxygen atoms in total. The maximum atomic E-state index is 12.6. The monoisotopic (exact) mass is 340 g/mol. The molecule has 23 heavy (non-hydrogen) atoms. The Bertz CT molecular complexity index is 645. The van der Waals surface area contributed by atoms with Crippen molar-refractivity contribution in [2.24, 2.45) is 5.92 Å². The van der Waals surface area contributed by atoms with E-state index in [1.165, 1.54) is 4.31 Å². The van der Waals surface area contributed by atoms with Gasteiger partial charge in [0, 0.05) is 20.1 Å². The third-order valence-corrected chi connectivity index (χ3v) is 6.91. The summed E-state index contributed by atoms with van der Waals surface area (Å²) < 4.78 is 39.2. The first-order valence-electron chi connectivity index (χ1n) is 7.91. The molecule has 2 bridgehead atoms. The predicted octanol–water partition coefficient (Wildman–Crippen LogP) is 1.73.